The quantitative estimate of drug-likeness (QED) is 0.814. The molecule has 112 valence electrons. The molecule has 2 rings (SSSR count). The van der Waals surface area contributed by atoms with Crippen LogP contribution < -0.4 is 5.32 Å². The Bertz CT molecular complexity index is 414. The smallest absolute Gasteiger partial charge is 0.140 e. The number of thioether (sulfide) groups is 1. The fourth-order valence-electron chi connectivity index (χ4n) is 2.66. The summed E-state index contributed by atoms with van der Waals surface area (Å²) in [6.07, 6.45) is 6.57. The van der Waals surface area contributed by atoms with Crippen LogP contribution in [0.3, 0.4) is 0 Å². The molecule has 1 heterocycles. The monoisotopic (exact) mass is 293 g/mol. The van der Waals surface area contributed by atoms with E-state index in [1.807, 2.05) is 11.8 Å². The fourth-order valence-corrected chi connectivity index (χ4v) is 3.84. The molecular formula is C16H27N3S. The van der Waals surface area contributed by atoms with Crippen LogP contribution in [-0.2, 0) is 12.2 Å². The van der Waals surface area contributed by atoms with Crippen molar-refractivity contribution in [1.29, 1.82) is 0 Å². The van der Waals surface area contributed by atoms with Gasteiger partial charge in [-0.3, -0.25) is 0 Å². The van der Waals surface area contributed by atoms with E-state index < -0.39 is 0 Å². The molecule has 3 nitrogen and oxygen atoms in total. The maximum absolute atomic E-state index is 4.74. The number of nitrogens with zero attached hydrogens (tertiary/aromatic N) is 2. The molecule has 4 heteroatoms. The normalized spacial score (nSPS) is 16.0. The van der Waals surface area contributed by atoms with Crippen LogP contribution >= 0.6 is 11.8 Å². The van der Waals surface area contributed by atoms with Gasteiger partial charge < -0.3 is 5.32 Å². The van der Waals surface area contributed by atoms with E-state index in [1.165, 1.54) is 31.4 Å². The minimum Gasteiger partial charge on any atom is -0.370 e. The summed E-state index contributed by atoms with van der Waals surface area (Å²) in [6.45, 7) is 7.49. The zero-order chi connectivity index (χ0) is 14.4. The predicted octanol–water partition coefficient (Wildman–Crippen LogP) is 4.28. The minimum absolute atomic E-state index is 0.634. The van der Waals surface area contributed by atoms with Crippen molar-refractivity contribution >= 4 is 17.6 Å². The Balaban J connectivity index is 2.02. The molecule has 1 fully saturated rings. The van der Waals surface area contributed by atoms with Gasteiger partial charge in [-0.2, -0.15) is 11.8 Å². The number of aromatic nitrogens is 2. The molecule has 1 aromatic heterocycles. The highest BCUT2D eigenvalue weighted by molar-refractivity contribution is 7.99. The van der Waals surface area contributed by atoms with E-state index in [-0.39, 0.29) is 0 Å². The molecule has 0 amide bonds. The number of nitrogens with one attached hydrogen (secondary N) is 1. The van der Waals surface area contributed by atoms with Crippen molar-refractivity contribution in [1.82, 2.24) is 9.97 Å². The van der Waals surface area contributed by atoms with Gasteiger partial charge in [-0.1, -0.05) is 26.7 Å². The molecule has 0 atom stereocenters. The molecule has 1 saturated carbocycles. The van der Waals surface area contributed by atoms with Crippen molar-refractivity contribution < 1.29 is 0 Å². The van der Waals surface area contributed by atoms with Crippen LogP contribution in [0, 0.1) is 5.92 Å². The van der Waals surface area contributed by atoms with Crippen LogP contribution in [0.4, 0.5) is 5.82 Å². The second kappa shape index (κ2) is 7.87. The van der Waals surface area contributed by atoms with E-state index in [9.17, 15) is 0 Å². The Morgan fingerprint density at radius 3 is 2.70 bits per heavy atom. The number of hydrogen-bond donors (Lipinski definition) is 1. The van der Waals surface area contributed by atoms with Crippen molar-refractivity contribution in [2.75, 3.05) is 11.9 Å². The molecular weight excluding hydrogens is 266 g/mol. The standard InChI is InChI=1S/C16H27N3S/c1-4-17-15-10-13(9-12(2)3)18-16(19-15)11-20-14-7-5-6-8-14/h10,12,14H,4-9,11H2,1-3H3,(H,17,18,19). The topological polar surface area (TPSA) is 37.8 Å². The Morgan fingerprint density at radius 2 is 2.05 bits per heavy atom. The first-order valence-electron chi connectivity index (χ1n) is 7.89. The number of hydrogen-bond acceptors (Lipinski definition) is 4. The van der Waals surface area contributed by atoms with Crippen molar-refractivity contribution in [2.24, 2.45) is 5.92 Å². The molecule has 1 N–H and O–H groups in total. The second-order valence-corrected chi connectivity index (χ2v) is 7.30. The summed E-state index contributed by atoms with van der Waals surface area (Å²) in [4.78, 5) is 9.39. The fraction of sp³-hybridized carbons (Fsp3) is 0.750. The molecule has 1 aromatic rings. The lowest BCUT2D eigenvalue weighted by atomic mass is 10.1. The molecule has 0 radical (unpaired) electrons. The number of rotatable bonds is 7. The first-order chi connectivity index (χ1) is 9.67. The molecule has 0 aliphatic heterocycles. The van der Waals surface area contributed by atoms with Gasteiger partial charge in [0.25, 0.3) is 0 Å². The summed E-state index contributed by atoms with van der Waals surface area (Å²) in [5, 5.41) is 4.16. The molecule has 20 heavy (non-hydrogen) atoms. The molecule has 1 aliphatic carbocycles. The lowest BCUT2D eigenvalue weighted by molar-refractivity contribution is 0.632. The number of anilines is 1. The van der Waals surface area contributed by atoms with Crippen molar-refractivity contribution in [3.8, 4) is 0 Å². The van der Waals surface area contributed by atoms with Crippen LogP contribution in [0.5, 0.6) is 0 Å². The van der Waals surface area contributed by atoms with E-state index in [2.05, 4.69) is 37.1 Å². The van der Waals surface area contributed by atoms with Gasteiger partial charge in [-0.05, 0) is 32.1 Å². The van der Waals surface area contributed by atoms with Crippen LogP contribution in [0.1, 0.15) is 58.0 Å². The largest absolute Gasteiger partial charge is 0.370 e. The highest BCUT2D eigenvalue weighted by Crippen LogP contribution is 2.31. The average molecular weight is 293 g/mol. The SMILES string of the molecule is CCNc1cc(CC(C)C)nc(CSC2CCCC2)n1. The third kappa shape index (κ3) is 4.97. The zero-order valence-electron chi connectivity index (χ0n) is 13.0. The first kappa shape index (κ1) is 15.6. The van der Waals surface area contributed by atoms with Gasteiger partial charge in [-0.15, -0.1) is 0 Å². The lowest BCUT2D eigenvalue weighted by Crippen LogP contribution is -2.08. The minimum atomic E-state index is 0.634. The molecule has 0 unspecified atom stereocenters. The Hall–Kier alpha value is -0.770. The van der Waals surface area contributed by atoms with E-state index in [4.69, 9.17) is 4.98 Å². The third-order valence-electron chi connectivity index (χ3n) is 3.55. The van der Waals surface area contributed by atoms with Gasteiger partial charge >= 0.3 is 0 Å². The maximum Gasteiger partial charge on any atom is 0.140 e. The highest BCUT2D eigenvalue weighted by Gasteiger charge is 2.16. The van der Waals surface area contributed by atoms with Gasteiger partial charge in [0.15, 0.2) is 0 Å². The van der Waals surface area contributed by atoms with E-state index in [1.54, 1.807) is 0 Å². The van der Waals surface area contributed by atoms with Gasteiger partial charge in [-0.25, -0.2) is 9.97 Å². The van der Waals surface area contributed by atoms with Crippen LogP contribution in [0.15, 0.2) is 6.07 Å². The van der Waals surface area contributed by atoms with Gasteiger partial charge in [0.05, 0.1) is 5.75 Å². The van der Waals surface area contributed by atoms with Crippen LogP contribution in [-0.4, -0.2) is 21.8 Å². The predicted molar refractivity (Wildman–Crippen MR) is 88.3 cm³/mol. The Labute approximate surface area is 127 Å². The average Bonchev–Trinajstić information content (AvgIpc) is 2.89. The molecule has 0 aromatic carbocycles. The summed E-state index contributed by atoms with van der Waals surface area (Å²) in [5.41, 5.74) is 1.17. The van der Waals surface area contributed by atoms with Crippen molar-refractivity contribution in [3.63, 3.8) is 0 Å². The van der Waals surface area contributed by atoms with Gasteiger partial charge in [0.1, 0.15) is 11.6 Å². The van der Waals surface area contributed by atoms with Crippen molar-refractivity contribution in [2.45, 2.75) is 63.9 Å². The van der Waals surface area contributed by atoms with E-state index in [0.717, 1.165) is 35.6 Å². The molecule has 0 bridgehead atoms. The molecule has 0 saturated heterocycles. The second-order valence-electron chi connectivity index (χ2n) is 6.01. The summed E-state index contributed by atoms with van der Waals surface area (Å²) in [6, 6.07) is 2.10. The summed E-state index contributed by atoms with van der Waals surface area (Å²) < 4.78 is 0. The Morgan fingerprint density at radius 1 is 1.30 bits per heavy atom. The van der Waals surface area contributed by atoms with Crippen molar-refractivity contribution in [3.05, 3.63) is 17.6 Å². The third-order valence-corrected chi connectivity index (χ3v) is 4.92. The maximum atomic E-state index is 4.74. The lowest BCUT2D eigenvalue weighted by Gasteiger charge is -2.12. The van der Waals surface area contributed by atoms with Crippen LogP contribution in [0.2, 0.25) is 0 Å². The van der Waals surface area contributed by atoms with E-state index in [0.29, 0.717) is 5.92 Å². The van der Waals surface area contributed by atoms with E-state index >= 15 is 0 Å². The molecule has 0 spiro atoms. The van der Waals surface area contributed by atoms with Gasteiger partial charge in [0.2, 0.25) is 0 Å². The zero-order valence-corrected chi connectivity index (χ0v) is 13.8. The summed E-state index contributed by atoms with van der Waals surface area (Å²) in [7, 11) is 0. The highest BCUT2D eigenvalue weighted by atomic mass is 32.2. The summed E-state index contributed by atoms with van der Waals surface area (Å²) >= 11 is 2.04. The Kier molecular flexibility index (Phi) is 6.14. The summed E-state index contributed by atoms with van der Waals surface area (Å²) in [5.74, 6) is 3.57. The van der Waals surface area contributed by atoms with Gasteiger partial charge in [0, 0.05) is 23.6 Å². The first-order valence-corrected chi connectivity index (χ1v) is 8.94. The molecule has 1 aliphatic rings. The van der Waals surface area contributed by atoms with Crippen LogP contribution in [0.25, 0.3) is 0 Å².